The normalized spacial score (nSPS) is 17.6. The Balaban J connectivity index is 1.76. The number of aliphatic hydroxyl groups is 1. The van der Waals surface area contributed by atoms with Crippen LogP contribution in [-0.4, -0.2) is 34.0 Å². The molecule has 2 N–H and O–H groups in total. The van der Waals surface area contributed by atoms with Gasteiger partial charge in [0, 0.05) is 5.56 Å². The van der Waals surface area contributed by atoms with Gasteiger partial charge in [-0.15, -0.1) is 0 Å². The highest BCUT2D eigenvalue weighted by Crippen LogP contribution is 2.45. The number of anilines is 1. The minimum absolute atomic E-state index is 0.0572. The quantitative estimate of drug-likeness (QED) is 0.263. The molecule has 8 heteroatoms. The summed E-state index contributed by atoms with van der Waals surface area (Å²) >= 11 is 1.28. The molecule has 1 aliphatic rings. The van der Waals surface area contributed by atoms with Gasteiger partial charge in [-0.25, -0.2) is 4.98 Å². The molecule has 0 radical (unpaired) electrons. The van der Waals surface area contributed by atoms with Gasteiger partial charge in [0.15, 0.2) is 16.6 Å². The fourth-order valence-corrected chi connectivity index (χ4v) is 4.92. The number of fused-ring (bicyclic) bond motifs is 1. The summed E-state index contributed by atoms with van der Waals surface area (Å²) in [5, 5.41) is 21.5. The van der Waals surface area contributed by atoms with Crippen LogP contribution in [0.2, 0.25) is 0 Å². The molecule has 164 valence electrons. The van der Waals surface area contributed by atoms with Crippen molar-refractivity contribution in [2.45, 2.75) is 6.04 Å². The van der Waals surface area contributed by atoms with Crippen LogP contribution in [0.3, 0.4) is 0 Å². The second kappa shape index (κ2) is 8.07. The molecule has 33 heavy (non-hydrogen) atoms. The Bertz CT molecular complexity index is 1390. The first-order valence-electron chi connectivity index (χ1n) is 10.1. The second-order valence-corrected chi connectivity index (χ2v) is 8.44. The molecule has 1 aromatic heterocycles. The number of carbonyl (C=O) groups is 2. The lowest BCUT2D eigenvalue weighted by Gasteiger charge is -2.23. The fourth-order valence-electron chi connectivity index (χ4n) is 3.92. The number of phenolic OH excluding ortho intramolecular Hbond substituents is 1. The number of methoxy groups -OCH3 is 1. The van der Waals surface area contributed by atoms with E-state index in [0.29, 0.717) is 21.8 Å². The number of phenols is 1. The smallest absolute Gasteiger partial charge is 0.301 e. The SMILES string of the molecule is COc1cc(C2/C(=C(/O)c3ccccc3)C(=O)C(=O)N2c2nc3ccccc3s2)ccc1O. The number of nitrogens with zero attached hydrogens (tertiary/aromatic N) is 2. The number of carbonyl (C=O) groups excluding carboxylic acids is 2. The Morgan fingerprint density at radius 3 is 2.48 bits per heavy atom. The van der Waals surface area contributed by atoms with Crippen molar-refractivity contribution >= 4 is 44.1 Å². The lowest BCUT2D eigenvalue weighted by molar-refractivity contribution is -0.132. The van der Waals surface area contributed by atoms with Crippen molar-refractivity contribution in [3.8, 4) is 11.5 Å². The van der Waals surface area contributed by atoms with Gasteiger partial charge >= 0.3 is 5.91 Å². The first-order chi connectivity index (χ1) is 16.0. The largest absolute Gasteiger partial charge is 0.507 e. The molecule has 1 unspecified atom stereocenters. The van der Waals surface area contributed by atoms with Gasteiger partial charge in [0.25, 0.3) is 5.78 Å². The highest BCUT2D eigenvalue weighted by atomic mass is 32.1. The number of para-hydroxylation sites is 1. The molecule has 5 rings (SSSR count). The van der Waals surface area contributed by atoms with Gasteiger partial charge in [0.2, 0.25) is 0 Å². The third kappa shape index (κ3) is 3.41. The van der Waals surface area contributed by atoms with Crippen LogP contribution in [-0.2, 0) is 9.59 Å². The van der Waals surface area contributed by atoms with Crippen LogP contribution in [0.25, 0.3) is 16.0 Å². The maximum Gasteiger partial charge on any atom is 0.301 e. The Labute approximate surface area is 192 Å². The topological polar surface area (TPSA) is 100.0 Å². The first-order valence-corrected chi connectivity index (χ1v) is 10.9. The van der Waals surface area contributed by atoms with Crippen LogP contribution in [0.1, 0.15) is 17.2 Å². The fraction of sp³-hybridized carbons (Fsp3) is 0.0800. The third-order valence-corrected chi connectivity index (χ3v) is 6.54. The molecule has 0 saturated carbocycles. The predicted octanol–water partition coefficient (Wildman–Crippen LogP) is 4.64. The molecule has 3 aromatic carbocycles. The van der Waals surface area contributed by atoms with E-state index in [-0.39, 0.29) is 22.8 Å². The molecule has 7 nitrogen and oxygen atoms in total. The highest BCUT2D eigenvalue weighted by Gasteiger charge is 2.48. The number of hydrogen-bond acceptors (Lipinski definition) is 7. The first kappa shape index (κ1) is 20.7. The van der Waals surface area contributed by atoms with Crippen molar-refractivity contribution in [1.29, 1.82) is 0 Å². The number of thiazole rings is 1. The molecular weight excluding hydrogens is 440 g/mol. The van der Waals surface area contributed by atoms with Crippen molar-refractivity contribution in [2.24, 2.45) is 0 Å². The molecule has 0 bridgehead atoms. The van der Waals surface area contributed by atoms with Gasteiger partial charge in [0.1, 0.15) is 5.76 Å². The monoisotopic (exact) mass is 458 g/mol. The molecule has 1 saturated heterocycles. The predicted molar refractivity (Wildman–Crippen MR) is 126 cm³/mol. The lowest BCUT2D eigenvalue weighted by atomic mass is 9.95. The zero-order valence-electron chi connectivity index (χ0n) is 17.4. The van der Waals surface area contributed by atoms with Crippen molar-refractivity contribution in [1.82, 2.24) is 4.98 Å². The van der Waals surface area contributed by atoms with Crippen molar-refractivity contribution < 1.29 is 24.5 Å². The minimum Gasteiger partial charge on any atom is -0.507 e. The van der Waals surface area contributed by atoms with E-state index >= 15 is 0 Å². The van der Waals surface area contributed by atoms with E-state index in [1.165, 1.54) is 29.4 Å². The van der Waals surface area contributed by atoms with Gasteiger partial charge in [-0.1, -0.05) is 59.9 Å². The zero-order chi connectivity index (χ0) is 23.1. The summed E-state index contributed by atoms with van der Waals surface area (Å²) < 4.78 is 6.10. The van der Waals surface area contributed by atoms with Gasteiger partial charge in [-0.05, 0) is 29.8 Å². The third-order valence-electron chi connectivity index (χ3n) is 5.50. The van der Waals surface area contributed by atoms with Crippen LogP contribution >= 0.6 is 11.3 Å². The molecular formula is C25H18N2O5S. The Kier molecular flexibility index (Phi) is 5.07. The van der Waals surface area contributed by atoms with E-state index < -0.39 is 17.7 Å². The maximum atomic E-state index is 13.3. The molecule has 2 heterocycles. The number of hydrogen-bond donors (Lipinski definition) is 2. The number of rotatable bonds is 4. The molecule has 1 atom stereocenters. The van der Waals surface area contributed by atoms with E-state index in [9.17, 15) is 19.8 Å². The molecule has 0 aliphatic carbocycles. The minimum atomic E-state index is -0.958. The van der Waals surface area contributed by atoms with E-state index in [1.807, 2.05) is 24.3 Å². The van der Waals surface area contributed by atoms with Gasteiger partial charge in [0.05, 0.1) is 28.9 Å². The van der Waals surface area contributed by atoms with Crippen LogP contribution in [0, 0.1) is 0 Å². The molecule has 1 amide bonds. The van der Waals surface area contributed by atoms with Crippen molar-refractivity contribution in [3.63, 3.8) is 0 Å². The lowest BCUT2D eigenvalue weighted by Crippen LogP contribution is -2.29. The molecule has 1 fully saturated rings. The number of aromatic hydroxyl groups is 1. The summed E-state index contributed by atoms with van der Waals surface area (Å²) in [6, 6.07) is 19.6. The van der Waals surface area contributed by atoms with Crippen LogP contribution in [0.5, 0.6) is 11.5 Å². The van der Waals surface area contributed by atoms with Crippen LogP contribution < -0.4 is 9.64 Å². The number of Topliss-reactive ketones (excluding diaryl/α,β-unsaturated/α-hetero) is 1. The average molecular weight is 458 g/mol. The zero-order valence-corrected chi connectivity index (χ0v) is 18.2. The summed E-state index contributed by atoms with van der Waals surface area (Å²) in [5.41, 5.74) is 1.54. The average Bonchev–Trinajstić information content (AvgIpc) is 3.38. The summed E-state index contributed by atoms with van der Waals surface area (Å²) in [5.74, 6) is -1.78. The Morgan fingerprint density at radius 1 is 1.03 bits per heavy atom. The van der Waals surface area contributed by atoms with Gasteiger partial charge < -0.3 is 14.9 Å². The van der Waals surface area contributed by atoms with E-state index in [2.05, 4.69) is 4.98 Å². The number of aliphatic hydroxyl groups excluding tert-OH is 1. The summed E-state index contributed by atoms with van der Waals surface area (Å²) in [6.07, 6.45) is 0. The Hall–Kier alpha value is -4.17. The molecule has 0 spiro atoms. The number of ketones is 1. The van der Waals surface area contributed by atoms with E-state index in [0.717, 1.165) is 4.70 Å². The standard InChI is InChI=1S/C25H18N2O5S/c1-32-18-13-15(11-12-17(18)28)21-20(22(29)14-7-3-2-4-8-14)23(30)24(31)27(21)25-26-16-9-5-6-10-19(16)33-25/h2-13,21,28-29H,1H3/b22-20-. The summed E-state index contributed by atoms with van der Waals surface area (Å²) in [6.45, 7) is 0. The van der Waals surface area contributed by atoms with Crippen molar-refractivity contribution in [3.05, 3.63) is 89.5 Å². The van der Waals surface area contributed by atoms with E-state index in [4.69, 9.17) is 4.74 Å². The number of aromatic nitrogens is 1. The summed E-state index contributed by atoms with van der Waals surface area (Å²) in [7, 11) is 1.41. The Morgan fingerprint density at radius 2 is 1.76 bits per heavy atom. The number of ether oxygens (including phenoxy) is 1. The second-order valence-electron chi connectivity index (χ2n) is 7.43. The maximum absolute atomic E-state index is 13.3. The van der Waals surface area contributed by atoms with Gasteiger partial charge in [-0.2, -0.15) is 0 Å². The highest BCUT2D eigenvalue weighted by molar-refractivity contribution is 7.22. The number of amides is 1. The van der Waals surface area contributed by atoms with Crippen LogP contribution in [0.4, 0.5) is 5.13 Å². The molecule has 1 aliphatic heterocycles. The number of benzene rings is 3. The van der Waals surface area contributed by atoms with Gasteiger partial charge in [-0.3, -0.25) is 14.5 Å². The van der Waals surface area contributed by atoms with E-state index in [1.54, 1.807) is 42.5 Å². The molecule has 4 aromatic rings. The summed E-state index contributed by atoms with van der Waals surface area (Å²) in [4.78, 5) is 32.3. The van der Waals surface area contributed by atoms with Crippen LogP contribution in [0.15, 0.2) is 78.4 Å². The van der Waals surface area contributed by atoms with Crippen molar-refractivity contribution in [2.75, 3.05) is 12.0 Å².